The molecule has 35 heavy (non-hydrogen) atoms. The van der Waals surface area contributed by atoms with Crippen molar-refractivity contribution in [3.05, 3.63) is 60.2 Å². The molecule has 0 spiro atoms. The highest BCUT2D eigenvalue weighted by molar-refractivity contribution is 5.89. The normalized spacial score (nSPS) is 18.9. The van der Waals surface area contributed by atoms with Gasteiger partial charge < -0.3 is 23.8 Å². The summed E-state index contributed by atoms with van der Waals surface area (Å²) < 4.78 is 22.8. The van der Waals surface area contributed by atoms with Gasteiger partial charge in [0.05, 0.1) is 19.3 Å². The van der Waals surface area contributed by atoms with Crippen LogP contribution >= 0.6 is 0 Å². The van der Waals surface area contributed by atoms with Crippen LogP contribution in [0.4, 0.5) is 15.3 Å². The maximum Gasteiger partial charge on any atom is 0.414 e. The Kier molecular flexibility index (Phi) is 7.80. The molecule has 1 atom stereocenters. The summed E-state index contributed by atoms with van der Waals surface area (Å²) >= 11 is 0. The minimum Gasteiger partial charge on any atom is -0.489 e. The van der Waals surface area contributed by atoms with E-state index in [1.807, 2.05) is 75.4 Å². The van der Waals surface area contributed by atoms with Crippen molar-refractivity contribution < 1.29 is 28.5 Å². The van der Waals surface area contributed by atoms with Crippen LogP contribution in [0.3, 0.4) is 0 Å². The topological polar surface area (TPSA) is 77.5 Å². The van der Waals surface area contributed by atoms with Gasteiger partial charge in [0.2, 0.25) is 0 Å². The van der Waals surface area contributed by atoms with Crippen LogP contribution in [0.1, 0.15) is 39.2 Å². The van der Waals surface area contributed by atoms with Crippen LogP contribution < -0.4 is 9.64 Å². The molecule has 2 amide bonds. The van der Waals surface area contributed by atoms with Gasteiger partial charge in [0, 0.05) is 18.8 Å². The summed E-state index contributed by atoms with van der Waals surface area (Å²) in [5.41, 5.74) is 1.35. The quantitative estimate of drug-likeness (QED) is 0.552. The van der Waals surface area contributed by atoms with Crippen LogP contribution in [0.5, 0.6) is 5.75 Å². The number of likely N-dealkylation sites (tertiary alicyclic amines) is 1. The number of rotatable bonds is 7. The molecule has 0 aromatic heterocycles. The van der Waals surface area contributed by atoms with Crippen LogP contribution in [0.25, 0.3) is 0 Å². The molecule has 0 aliphatic carbocycles. The van der Waals surface area contributed by atoms with Gasteiger partial charge in [0.25, 0.3) is 0 Å². The lowest BCUT2D eigenvalue weighted by molar-refractivity contribution is -0.0335. The van der Waals surface area contributed by atoms with E-state index in [2.05, 4.69) is 0 Å². The van der Waals surface area contributed by atoms with Gasteiger partial charge >= 0.3 is 12.2 Å². The van der Waals surface area contributed by atoms with E-state index in [0.29, 0.717) is 32.8 Å². The molecule has 0 saturated carbocycles. The smallest absolute Gasteiger partial charge is 0.414 e. The molecule has 0 N–H and O–H groups in total. The molecule has 2 aliphatic heterocycles. The maximum absolute atomic E-state index is 12.4. The molecule has 0 bridgehead atoms. The molecule has 8 nitrogen and oxygen atoms in total. The summed E-state index contributed by atoms with van der Waals surface area (Å²) in [6, 6.07) is 17.4. The third-order valence-electron chi connectivity index (χ3n) is 5.88. The van der Waals surface area contributed by atoms with Crippen molar-refractivity contribution in [2.24, 2.45) is 0 Å². The van der Waals surface area contributed by atoms with E-state index in [4.69, 9.17) is 18.9 Å². The Balaban J connectivity index is 1.20. The molecule has 2 saturated heterocycles. The molecule has 2 heterocycles. The van der Waals surface area contributed by atoms with Crippen LogP contribution in [0, 0.1) is 0 Å². The largest absolute Gasteiger partial charge is 0.489 e. The predicted molar refractivity (Wildman–Crippen MR) is 132 cm³/mol. The molecule has 2 aliphatic rings. The number of amides is 2. The fourth-order valence-electron chi connectivity index (χ4n) is 4.06. The average Bonchev–Trinajstić information content (AvgIpc) is 3.22. The van der Waals surface area contributed by atoms with Gasteiger partial charge in [-0.05, 0) is 63.4 Å². The number of carbonyl (C=O) groups excluding carboxylic acids is 2. The standard InChI is InChI=1S/C27H34N2O6/c1-27(2,3)35-25(30)28-15-13-23(14-16-28)33-19-24-17-29(26(31)34-24)21-9-11-22(12-10-21)32-18-20-7-5-4-6-8-20/h4-12,23-24H,13-19H2,1-3H3. The Hall–Kier alpha value is -3.26. The Morgan fingerprint density at radius 3 is 2.37 bits per heavy atom. The van der Waals surface area contributed by atoms with Crippen molar-refractivity contribution in [3.63, 3.8) is 0 Å². The first-order valence-corrected chi connectivity index (χ1v) is 12.1. The zero-order chi connectivity index (χ0) is 24.8. The molecule has 4 rings (SSSR count). The zero-order valence-electron chi connectivity index (χ0n) is 20.6. The summed E-state index contributed by atoms with van der Waals surface area (Å²) in [7, 11) is 0. The fourth-order valence-corrected chi connectivity index (χ4v) is 4.06. The van der Waals surface area contributed by atoms with Gasteiger partial charge in [0.1, 0.15) is 24.1 Å². The lowest BCUT2D eigenvalue weighted by Gasteiger charge is -2.33. The van der Waals surface area contributed by atoms with E-state index in [-0.39, 0.29) is 24.4 Å². The third-order valence-corrected chi connectivity index (χ3v) is 5.88. The fraction of sp³-hybridized carbons (Fsp3) is 0.481. The Morgan fingerprint density at radius 1 is 1.03 bits per heavy atom. The highest BCUT2D eigenvalue weighted by atomic mass is 16.6. The van der Waals surface area contributed by atoms with Crippen molar-refractivity contribution >= 4 is 17.9 Å². The second kappa shape index (κ2) is 11.0. The second-order valence-electron chi connectivity index (χ2n) is 9.88. The Labute approximate surface area is 206 Å². The van der Waals surface area contributed by atoms with Crippen LogP contribution in [0.2, 0.25) is 0 Å². The average molecular weight is 483 g/mol. The number of ether oxygens (including phenoxy) is 4. The van der Waals surface area contributed by atoms with Crippen LogP contribution in [0.15, 0.2) is 54.6 Å². The van der Waals surface area contributed by atoms with Crippen molar-refractivity contribution in [2.75, 3.05) is 31.1 Å². The summed E-state index contributed by atoms with van der Waals surface area (Å²) in [6.07, 6.45) is 0.495. The summed E-state index contributed by atoms with van der Waals surface area (Å²) in [6.45, 7) is 8.02. The zero-order valence-corrected chi connectivity index (χ0v) is 20.6. The van der Waals surface area contributed by atoms with Crippen molar-refractivity contribution in [3.8, 4) is 5.75 Å². The first-order chi connectivity index (χ1) is 16.8. The molecule has 188 valence electrons. The van der Waals surface area contributed by atoms with E-state index in [9.17, 15) is 9.59 Å². The second-order valence-corrected chi connectivity index (χ2v) is 9.88. The lowest BCUT2D eigenvalue weighted by Crippen LogP contribution is -2.43. The highest BCUT2D eigenvalue weighted by Gasteiger charge is 2.34. The van der Waals surface area contributed by atoms with Gasteiger partial charge in [0.15, 0.2) is 0 Å². The van der Waals surface area contributed by atoms with Gasteiger partial charge in [-0.25, -0.2) is 9.59 Å². The van der Waals surface area contributed by atoms with Crippen LogP contribution in [-0.2, 0) is 20.8 Å². The number of nitrogens with zero attached hydrogens (tertiary/aromatic N) is 2. The van der Waals surface area contributed by atoms with Crippen molar-refractivity contribution in [1.82, 2.24) is 4.90 Å². The number of carbonyl (C=O) groups is 2. The Morgan fingerprint density at radius 2 is 1.71 bits per heavy atom. The minimum absolute atomic E-state index is 0.0301. The molecule has 2 fully saturated rings. The number of hydrogen-bond acceptors (Lipinski definition) is 6. The first kappa shape index (κ1) is 24.9. The number of cyclic esters (lactones) is 1. The van der Waals surface area contributed by atoms with E-state index < -0.39 is 5.60 Å². The molecule has 1 unspecified atom stereocenters. The lowest BCUT2D eigenvalue weighted by atomic mass is 10.1. The molecule has 8 heteroatoms. The maximum atomic E-state index is 12.4. The Bertz CT molecular complexity index is 981. The SMILES string of the molecule is CC(C)(C)OC(=O)N1CCC(OCC2CN(c3ccc(OCc4ccccc4)cc3)C(=O)O2)CC1. The molecule has 2 aromatic carbocycles. The van der Waals surface area contributed by atoms with Crippen molar-refractivity contribution in [1.29, 1.82) is 0 Å². The molecular weight excluding hydrogens is 448 g/mol. The molecular formula is C27H34N2O6. The van der Waals surface area contributed by atoms with Crippen molar-refractivity contribution in [2.45, 2.75) is 58.0 Å². The highest BCUT2D eigenvalue weighted by Crippen LogP contribution is 2.26. The number of piperidine rings is 1. The minimum atomic E-state index is -0.502. The summed E-state index contributed by atoms with van der Waals surface area (Å²) in [4.78, 5) is 28.0. The summed E-state index contributed by atoms with van der Waals surface area (Å²) in [5, 5.41) is 0. The van der Waals surface area contributed by atoms with Gasteiger partial charge in [-0.3, -0.25) is 4.90 Å². The number of benzene rings is 2. The monoisotopic (exact) mass is 482 g/mol. The number of anilines is 1. The molecule has 0 radical (unpaired) electrons. The van der Waals surface area contributed by atoms with E-state index in [1.165, 1.54) is 0 Å². The van der Waals surface area contributed by atoms with Gasteiger partial charge in [-0.15, -0.1) is 0 Å². The first-order valence-electron chi connectivity index (χ1n) is 12.1. The number of hydrogen-bond donors (Lipinski definition) is 0. The van der Waals surface area contributed by atoms with Crippen LogP contribution in [-0.4, -0.2) is 61.1 Å². The van der Waals surface area contributed by atoms with E-state index in [0.717, 1.165) is 29.8 Å². The van der Waals surface area contributed by atoms with E-state index >= 15 is 0 Å². The van der Waals surface area contributed by atoms with Gasteiger partial charge in [-0.1, -0.05) is 30.3 Å². The van der Waals surface area contributed by atoms with E-state index in [1.54, 1.807) is 9.80 Å². The summed E-state index contributed by atoms with van der Waals surface area (Å²) in [5.74, 6) is 0.739. The molecule has 2 aromatic rings. The predicted octanol–water partition coefficient (Wildman–Crippen LogP) is 5.01. The van der Waals surface area contributed by atoms with Gasteiger partial charge in [-0.2, -0.15) is 0 Å². The third kappa shape index (κ3) is 7.11.